The summed E-state index contributed by atoms with van der Waals surface area (Å²) in [7, 11) is -4.12. The molecule has 2 rings (SSSR count). The first-order chi connectivity index (χ1) is 6.57. The zero-order valence-corrected chi connectivity index (χ0v) is 8.19. The molecule has 0 aliphatic rings. The van der Waals surface area contributed by atoms with Crippen molar-refractivity contribution in [3.8, 4) is 0 Å². The van der Waals surface area contributed by atoms with E-state index in [-0.39, 0.29) is 34.5 Å². The molecule has 0 aliphatic carbocycles. The first-order valence-electron chi connectivity index (χ1n) is 4.12. The molecule has 15 heavy (non-hydrogen) atoms. The molecule has 0 radical (unpaired) electrons. The number of fused-ring (bicyclic) bond motifs is 1. The topological polar surface area (TPSA) is 57.5 Å². The molecule has 0 atom stereocenters. The van der Waals surface area contributed by atoms with Crippen LogP contribution in [0.2, 0.25) is 0 Å². The molecule has 2 aromatic rings. The summed E-state index contributed by atoms with van der Waals surface area (Å²) in [5.74, 6) is 0. The average Bonchev–Trinajstić information content (AvgIpc) is 2.16. The molecule has 3 nitrogen and oxygen atoms in total. The van der Waals surface area contributed by atoms with E-state index in [1.165, 1.54) is 12.1 Å². The van der Waals surface area contributed by atoms with E-state index in [4.69, 9.17) is 9.11 Å². The first-order valence-corrected chi connectivity index (χ1v) is 5.73. The molecule has 76 valence electrons. The summed E-state index contributed by atoms with van der Waals surface area (Å²) in [5.41, 5.74) is 0. The van der Waals surface area contributed by atoms with Crippen LogP contribution < -0.4 is 0 Å². The van der Waals surface area contributed by atoms with E-state index in [0.717, 1.165) is 10.8 Å². The van der Waals surface area contributed by atoms with Crippen molar-refractivity contribution in [3.63, 3.8) is 0 Å². The van der Waals surface area contributed by atoms with Gasteiger partial charge in [-0.3, -0.25) is 0 Å². The van der Waals surface area contributed by atoms with Crippen LogP contribution in [0.5, 0.6) is 0 Å². The molecule has 0 heterocycles. The molecule has 0 amide bonds. The fraction of sp³-hybridized carbons (Fsp3) is 0. The van der Waals surface area contributed by atoms with Crippen LogP contribution in [0, 0.1) is 0 Å². The van der Waals surface area contributed by atoms with Gasteiger partial charge in [0.15, 0.2) is 0 Å². The van der Waals surface area contributed by atoms with Crippen molar-refractivity contribution < 1.29 is 13.3 Å². The third-order valence-corrected chi connectivity index (χ3v) is 3.02. The Bertz CT molecular complexity index is 521. The van der Waals surface area contributed by atoms with Gasteiger partial charge < -0.3 is 9.11 Å². The molecule has 0 saturated carbocycles. The standard InChI is InChI=1S/C10H10O3S.Na.H/c11-14(12,13)10-6-5-8-3-1-2-4-9(8)7-10;;/h1-7,14H,(H2,11,12,13);;. The quantitative estimate of drug-likeness (QED) is 0.518. The number of thiol groups is 1. The normalized spacial score (nSPS) is 12.1. The molecular formula is C10H11NaO3S. The van der Waals surface area contributed by atoms with Gasteiger partial charge in [-0.1, -0.05) is 30.3 Å². The summed E-state index contributed by atoms with van der Waals surface area (Å²) in [6.07, 6.45) is 0. The van der Waals surface area contributed by atoms with E-state index in [0.29, 0.717) is 0 Å². The Labute approximate surface area is 111 Å². The van der Waals surface area contributed by atoms with Crippen LogP contribution in [0.25, 0.3) is 10.8 Å². The molecule has 0 aromatic heterocycles. The predicted octanol–water partition coefficient (Wildman–Crippen LogP) is 1.51. The minimum absolute atomic E-state index is 0. The van der Waals surface area contributed by atoms with Gasteiger partial charge in [-0.05, 0) is 22.9 Å². The zero-order valence-electron chi connectivity index (χ0n) is 7.29. The van der Waals surface area contributed by atoms with Crippen LogP contribution in [0.1, 0.15) is 0 Å². The van der Waals surface area contributed by atoms with Crippen molar-refractivity contribution in [1.29, 1.82) is 0 Å². The summed E-state index contributed by atoms with van der Waals surface area (Å²) in [6.45, 7) is 0. The van der Waals surface area contributed by atoms with E-state index in [1.807, 2.05) is 24.3 Å². The van der Waals surface area contributed by atoms with Gasteiger partial charge in [0, 0.05) is 0 Å². The zero-order chi connectivity index (χ0) is 10.2. The first kappa shape index (κ1) is 12.8. The van der Waals surface area contributed by atoms with E-state index in [1.54, 1.807) is 6.07 Å². The number of benzene rings is 2. The summed E-state index contributed by atoms with van der Waals surface area (Å²) >= 11 is 0. The third kappa shape index (κ3) is 2.87. The maximum absolute atomic E-state index is 11.0. The number of hydrogen-bond acceptors (Lipinski definition) is 1. The number of hydrogen-bond donors (Lipinski definition) is 3. The van der Waals surface area contributed by atoms with Gasteiger partial charge in [-0.25, -0.2) is 4.21 Å². The minimum atomic E-state index is -4.12. The van der Waals surface area contributed by atoms with Crippen LogP contribution in [0.4, 0.5) is 0 Å². The molecule has 0 bridgehead atoms. The summed E-state index contributed by atoms with van der Waals surface area (Å²) in [5, 5.41) is 1.82. The fourth-order valence-electron chi connectivity index (χ4n) is 1.36. The summed E-state index contributed by atoms with van der Waals surface area (Å²) < 4.78 is 28.9. The molecule has 0 fully saturated rings. The van der Waals surface area contributed by atoms with Gasteiger partial charge in [0.1, 0.15) is 0 Å². The van der Waals surface area contributed by atoms with Crippen LogP contribution >= 0.6 is 0 Å². The molecule has 5 heteroatoms. The van der Waals surface area contributed by atoms with Gasteiger partial charge in [0.25, 0.3) is 0 Å². The van der Waals surface area contributed by atoms with Gasteiger partial charge in [-0.2, -0.15) is 0 Å². The molecule has 0 unspecified atom stereocenters. The van der Waals surface area contributed by atoms with Gasteiger partial charge in [-0.15, -0.1) is 0 Å². The Morgan fingerprint density at radius 3 is 2.13 bits per heavy atom. The maximum atomic E-state index is 11.0. The molecule has 2 aromatic carbocycles. The van der Waals surface area contributed by atoms with Crippen LogP contribution in [0.3, 0.4) is 0 Å². The fourth-order valence-corrected chi connectivity index (χ4v) is 1.93. The summed E-state index contributed by atoms with van der Waals surface area (Å²) in [6, 6.07) is 12.2. The number of rotatable bonds is 1. The van der Waals surface area contributed by atoms with E-state index >= 15 is 0 Å². The van der Waals surface area contributed by atoms with Crippen LogP contribution in [0.15, 0.2) is 47.4 Å². The van der Waals surface area contributed by atoms with Gasteiger partial charge >= 0.3 is 29.6 Å². The second-order valence-electron chi connectivity index (χ2n) is 3.08. The van der Waals surface area contributed by atoms with E-state index in [9.17, 15) is 4.21 Å². The Morgan fingerprint density at radius 1 is 0.933 bits per heavy atom. The Balaban J connectivity index is 0.00000112. The monoisotopic (exact) mass is 234 g/mol. The molecule has 2 N–H and O–H groups in total. The van der Waals surface area contributed by atoms with Crippen molar-refractivity contribution in [3.05, 3.63) is 42.5 Å². The van der Waals surface area contributed by atoms with Crippen molar-refractivity contribution in [2.24, 2.45) is 0 Å². The van der Waals surface area contributed by atoms with Crippen molar-refractivity contribution in [1.82, 2.24) is 0 Å². The van der Waals surface area contributed by atoms with Crippen molar-refractivity contribution in [2.75, 3.05) is 0 Å². The molecule has 0 spiro atoms. The van der Waals surface area contributed by atoms with Crippen LogP contribution in [-0.2, 0) is 10.5 Å². The summed E-state index contributed by atoms with van der Waals surface area (Å²) in [4.78, 5) is 0.0659. The van der Waals surface area contributed by atoms with Gasteiger partial charge in [0.05, 0.1) is 15.4 Å². The molecule has 0 aliphatic heterocycles. The average molecular weight is 234 g/mol. The Hall–Kier alpha value is -0.230. The Kier molecular flexibility index (Phi) is 4.06. The second kappa shape index (κ2) is 4.74. The molecular weight excluding hydrogens is 223 g/mol. The van der Waals surface area contributed by atoms with Gasteiger partial charge in [0.2, 0.25) is 0 Å². The third-order valence-electron chi connectivity index (χ3n) is 2.07. The SMILES string of the molecule is O=[SH](O)(O)c1ccc2ccccc2c1.[NaH]. The van der Waals surface area contributed by atoms with E-state index in [2.05, 4.69) is 0 Å². The van der Waals surface area contributed by atoms with Crippen molar-refractivity contribution >= 4 is 50.8 Å². The van der Waals surface area contributed by atoms with Crippen molar-refractivity contribution in [2.45, 2.75) is 4.90 Å². The van der Waals surface area contributed by atoms with E-state index < -0.39 is 10.5 Å². The molecule has 0 saturated heterocycles. The second-order valence-corrected chi connectivity index (χ2v) is 4.68. The van der Waals surface area contributed by atoms with Crippen LogP contribution in [-0.4, -0.2) is 42.9 Å². The Morgan fingerprint density at radius 2 is 1.53 bits per heavy atom. The predicted molar refractivity (Wildman–Crippen MR) is 64.2 cm³/mol.